The van der Waals surface area contributed by atoms with E-state index < -0.39 is 17.4 Å². The number of carbonyl (C=O) groups excluding carboxylic acids is 2. The molecule has 0 aromatic heterocycles. The van der Waals surface area contributed by atoms with Crippen molar-refractivity contribution in [1.29, 1.82) is 0 Å². The van der Waals surface area contributed by atoms with Crippen LogP contribution in [0.15, 0.2) is 128 Å². The van der Waals surface area contributed by atoms with Gasteiger partial charge in [0.2, 0.25) is 5.91 Å². The third-order valence-electron chi connectivity index (χ3n) is 11.7. The van der Waals surface area contributed by atoms with E-state index in [-0.39, 0.29) is 28.7 Å². The van der Waals surface area contributed by atoms with Crippen LogP contribution < -0.4 is 10.1 Å². The maximum atomic E-state index is 16.0. The van der Waals surface area contributed by atoms with Crippen molar-refractivity contribution in [2.24, 2.45) is 11.3 Å². The number of hydrogen-bond donors (Lipinski definition) is 1. The molecule has 5 atom stereocenters. The van der Waals surface area contributed by atoms with Gasteiger partial charge in [-0.3, -0.25) is 14.5 Å². The van der Waals surface area contributed by atoms with Gasteiger partial charge < -0.3 is 10.1 Å². The van der Waals surface area contributed by atoms with E-state index in [0.717, 1.165) is 29.2 Å². The zero-order valence-corrected chi connectivity index (χ0v) is 27.5. The molecule has 0 spiro atoms. The summed E-state index contributed by atoms with van der Waals surface area (Å²) in [6.07, 6.45) is 1.83. The maximum Gasteiger partial charge on any atom is 0.261 e. The van der Waals surface area contributed by atoms with Crippen LogP contribution >= 0.6 is 0 Å². The van der Waals surface area contributed by atoms with Crippen LogP contribution in [0.5, 0.6) is 5.75 Å². The van der Waals surface area contributed by atoms with Crippen LogP contribution in [0.1, 0.15) is 59.5 Å². The summed E-state index contributed by atoms with van der Waals surface area (Å²) in [5.74, 6) is -0.0373. The first-order chi connectivity index (χ1) is 23.4. The Labute approximate surface area is 282 Å². The van der Waals surface area contributed by atoms with Crippen LogP contribution in [0.4, 0.5) is 0 Å². The largest absolute Gasteiger partial charge is 0.496 e. The third-order valence-corrected chi connectivity index (χ3v) is 11.7. The molecule has 1 heterocycles. The second-order valence-corrected chi connectivity index (χ2v) is 13.6. The molecule has 1 aliphatic heterocycles. The summed E-state index contributed by atoms with van der Waals surface area (Å²) in [6, 6.07) is 40.6. The van der Waals surface area contributed by atoms with E-state index in [9.17, 15) is 0 Å². The first-order valence-corrected chi connectivity index (χ1v) is 17.0. The average molecular weight is 633 g/mol. The summed E-state index contributed by atoms with van der Waals surface area (Å²) >= 11 is 0. The van der Waals surface area contributed by atoms with Crippen LogP contribution in [0.25, 0.3) is 16.3 Å². The monoisotopic (exact) mass is 632 g/mol. The summed E-state index contributed by atoms with van der Waals surface area (Å²) in [4.78, 5) is 32.6. The van der Waals surface area contributed by atoms with Gasteiger partial charge in [-0.1, -0.05) is 122 Å². The molecule has 5 heteroatoms. The molecule has 2 amide bonds. The summed E-state index contributed by atoms with van der Waals surface area (Å²) in [5.41, 5.74) is 4.35. The predicted molar refractivity (Wildman–Crippen MR) is 191 cm³/mol. The number of fused-ring (bicyclic) bond motifs is 2. The second-order valence-electron chi connectivity index (χ2n) is 13.6. The van der Waals surface area contributed by atoms with Crippen molar-refractivity contribution in [3.8, 4) is 5.75 Å². The molecule has 9 rings (SSSR count). The van der Waals surface area contributed by atoms with Gasteiger partial charge in [0.15, 0.2) is 0 Å². The number of carbonyl (C=O) groups is 2. The number of nitrogens with one attached hydrogen (secondary N) is 1. The van der Waals surface area contributed by atoms with Crippen molar-refractivity contribution in [3.63, 3.8) is 0 Å². The maximum absolute atomic E-state index is 16.0. The molecule has 48 heavy (non-hydrogen) atoms. The lowest BCUT2D eigenvalue weighted by molar-refractivity contribution is -0.158. The number of hydrogen-bond acceptors (Lipinski definition) is 4. The smallest absolute Gasteiger partial charge is 0.261 e. The van der Waals surface area contributed by atoms with E-state index in [4.69, 9.17) is 4.74 Å². The number of imide groups is 1. The number of rotatable bonds is 7. The SMILES string of the molecule is C=C(C(=O)N(C(=O)[C@]12CNC[C@H]1[C@@]1(c3ccccc3)CC[C@@H]2c2ccccc21)[C@H](C)c1cccc2ccccc12)c1ccccc1OC. The number of amides is 2. The third kappa shape index (κ3) is 4.20. The molecule has 5 aromatic rings. The molecule has 5 aromatic carbocycles. The van der Waals surface area contributed by atoms with E-state index in [1.54, 1.807) is 12.0 Å². The molecule has 2 fully saturated rings. The van der Waals surface area contributed by atoms with Crippen molar-refractivity contribution in [1.82, 2.24) is 10.2 Å². The molecule has 2 bridgehead atoms. The van der Waals surface area contributed by atoms with Gasteiger partial charge in [0, 0.05) is 41.5 Å². The summed E-state index contributed by atoms with van der Waals surface area (Å²) in [5, 5.41) is 5.79. The molecule has 1 saturated carbocycles. The van der Waals surface area contributed by atoms with Crippen molar-refractivity contribution in [3.05, 3.63) is 156 Å². The molecule has 4 aliphatic rings. The van der Waals surface area contributed by atoms with Gasteiger partial charge in [-0.05, 0) is 58.9 Å². The van der Waals surface area contributed by atoms with E-state index in [1.807, 2.05) is 55.5 Å². The lowest BCUT2D eigenvalue weighted by Crippen LogP contribution is -2.63. The Balaban J connectivity index is 1.33. The Morgan fingerprint density at radius 2 is 1.58 bits per heavy atom. The number of ether oxygens (including phenoxy) is 1. The minimum atomic E-state index is -0.835. The molecule has 5 nitrogen and oxygen atoms in total. The molecular weight excluding hydrogens is 592 g/mol. The Kier molecular flexibility index (Phi) is 7.34. The van der Waals surface area contributed by atoms with Crippen molar-refractivity contribution >= 4 is 28.2 Å². The topological polar surface area (TPSA) is 58.6 Å². The fourth-order valence-corrected chi connectivity index (χ4v) is 9.66. The van der Waals surface area contributed by atoms with Crippen molar-refractivity contribution < 1.29 is 14.3 Å². The molecule has 1 N–H and O–H groups in total. The minimum Gasteiger partial charge on any atom is -0.496 e. The van der Waals surface area contributed by atoms with Gasteiger partial charge in [0.1, 0.15) is 5.75 Å². The van der Waals surface area contributed by atoms with E-state index >= 15 is 9.59 Å². The van der Waals surface area contributed by atoms with Gasteiger partial charge >= 0.3 is 0 Å². The van der Waals surface area contributed by atoms with Crippen LogP contribution in [0, 0.1) is 11.3 Å². The van der Waals surface area contributed by atoms with Crippen LogP contribution in [0.2, 0.25) is 0 Å². The fraction of sp³-hybridized carbons (Fsp3) is 0.256. The highest BCUT2D eigenvalue weighted by Gasteiger charge is 2.69. The highest BCUT2D eigenvalue weighted by atomic mass is 16.5. The van der Waals surface area contributed by atoms with Gasteiger partial charge in [0.05, 0.1) is 18.6 Å². The summed E-state index contributed by atoms with van der Waals surface area (Å²) < 4.78 is 5.66. The lowest BCUT2D eigenvalue weighted by Gasteiger charge is -2.61. The lowest BCUT2D eigenvalue weighted by atomic mass is 9.41. The predicted octanol–water partition coefficient (Wildman–Crippen LogP) is 8.06. The minimum absolute atomic E-state index is 0.0265. The van der Waals surface area contributed by atoms with Crippen molar-refractivity contribution in [2.75, 3.05) is 20.2 Å². The van der Waals surface area contributed by atoms with Crippen LogP contribution in [0.3, 0.4) is 0 Å². The molecule has 0 radical (unpaired) electrons. The Hall–Kier alpha value is -5.00. The van der Waals surface area contributed by atoms with E-state index in [2.05, 4.69) is 84.7 Å². The van der Waals surface area contributed by atoms with Gasteiger partial charge in [-0.15, -0.1) is 0 Å². The van der Waals surface area contributed by atoms with Gasteiger partial charge in [-0.2, -0.15) is 0 Å². The van der Waals surface area contributed by atoms with Crippen LogP contribution in [-0.2, 0) is 15.0 Å². The molecular formula is C43H40N2O3. The molecule has 3 aliphatic carbocycles. The zero-order chi connectivity index (χ0) is 33.0. The summed E-state index contributed by atoms with van der Waals surface area (Å²) in [6.45, 7) is 7.51. The normalized spacial score (nSPS) is 24.4. The van der Waals surface area contributed by atoms with Gasteiger partial charge in [-0.25, -0.2) is 0 Å². The molecule has 240 valence electrons. The number of methoxy groups -OCH3 is 1. The molecule has 0 unspecified atom stereocenters. The van der Waals surface area contributed by atoms with Crippen molar-refractivity contribution in [2.45, 2.75) is 37.1 Å². The van der Waals surface area contributed by atoms with Crippen LogP contribution in [-0.4, -0.2) is 36.9 Å². The Morgan fingerprint density at radius 1 is 0.875 bits per heavy atom. The Morgan fingerprint density at radius 3 is 2.42 bits per heavy atom. The quantitative estimate of drug-likeness (QED) is 0.185. The highest BCUT2D eigenvalue weighted by molar-refractivity contribution is 6.24. The van der Waals surface area contributed by atoms with E-state index in [0.29, 0.717) is 24.4 Å². The fourth-order valence-electron chi connectivity index (χ4n) is 9.66. The number of benzene rings is 5. The summed E-state index contributed by atoms with van der Waals surface area (Å²) in [7, 11) is 1.59. The molecule has 1 saturated heterocycles. The number of para-hydroxylation sites is 1. The first-order valence-electron chi connectivity index (χ1n) is 17.0. The second kappa shape index (κ2) is 11.6. The first kappa shape index (κ1) is 30.3. The number of nitrogens with zero attached hydrogens (tertiary/aromatic N) is 1. The zero-order valence-electron chi connectivity index (χ0n) is 27.5. The van der Waals surface area contributed by atoms with E-state index in [1.165, 1.54) is 16.7 Å². The highest BCUT2D eigenvalue weighted by Crippen LogP contribution is 2.68. The standard InChI is InChI=1S/C43H40N2O3/c1-28(32-18-10-12-23-38(32)48-3)40(46)45(29(2)33-21-13-15-30-14-7-8-19-34(30)33)41(47)43-27-44-26-39(43)42(31-16-5-4-6-17-31)25-24-37(43)35-20-9-11-22-36(35)42/h4-23,29,37,39,44H,1,24-27H2,2-3H3/t29-,37-,39+,42-,43+/m1/s1. The average Bonchev–Trinajstić information content (AvgIpc) is 3.63. The Bertz CT molecular complexity index is 2070. The van der Waals surface area contributed by atoms with Gasteiger partial charge in [0.25, 0.3) is 5.91 Å².